The second-order valence-electron chi connectivity index (χ2n) is 6.96. The normalized spacial score (nSPS) is 11.7. The quantitative estimate of drug-likeness (QED) is 0.440. The Hall–Kier alpha value is -2.92. The SMILES string of the molecule is CC(NC(=O)Nc1ccccc1Sc1ccccc1)Oc1ccccc1C(C)C. The number of urea groups is 1. The maximum absolute atomic E-state index is 12.5. The van der Waals surface area contributed by atoms with Gasteiger partial charge in [0.05, 0.1) is 5.69 Å². The molecule has 0 aliphatic rings. The van der Waals surface area contributed by atoms with Crippen LogP contribution in [0.1, 0.15) is 32.3 Å². The molecule has 0 aliphatic carbocycles. The van der Waals surface area contributed by atoms with Gasteiger partial charge in [0, 0.05) is 9.79 Å². The number of carbonyl (C=O) groups excluding carboxylic acids is 1. The number of para-hydroxylation sites is 2. The first-order valence-corrected chi connectivity index (χ1v) is 10.5. The monoisotopic (exact) mass is 406 g/mol. The van der Waals surface area contributed by atoms with Gasteiger partial charge in [0.2, 0.25) is 0 Å². The predicted molar refractivity (Wildman–Crippen MR) is 120 cm³/mol. The molecule has 2 N–H and O–H groups in total. The predicted octanol–water partition coefficient (Wildman–Crippen LogP) is 6.51. The Morgan fingerprint density at radius 3 is 2.28 bits per heavy atom. The Labute approximate surface area is 176 Å². The molecule has 3 aromatic carbocycles. The van der Waals surface area contributed by atoms with E-state index in [0.29, 0.717) is 5.92 Å². The second-order valence-corrected chi connectivity index (χ2v) is 8.08. The Morgan fingerprint density at radius 2 is 1.52 bits per heavy atom. The van der Waals surface area contributed by atoms with Crippen molar-refractivity contribution in [3.8, 4) is 5.75 Å². The van der Waals surface area contributed by atoms with Gasteiger partial charge in [-0.15, -0.1) is 0 Å². The summed E-state index contributed by atoms with van der Waals surface area (Å²) >= 11 is 1.61. The van der Waals surface area contributed by atoms with Crippen LogP contribution in [0.25, 0.3) is 0 Å². The third-order valence-corrected chi connectivity index (χ3v) is 5.37. The topological polar surface area (TPSA) is 50.4 Å². The molecule has 0 saturated carbocycles. The third-order valence-electron chi connectivity index (χ3n) is 4.29. The smallest absolute Gasteiger partial charge is 0.322 e. The fourth-order valence-corrected chi connectivity index (χ4v) is 3.82. The van der Waals surface area contributed by atoms with Crippen LogP contribution < -0.4 is 15.4 Å². The summed E-state index contributed by atoms with van der Waals surface area (Å²) < 4.78 is 5.96. The van der Waals surface area contributed by atoms with Crippen molar-refractivity contribution in [1.29, 1.82) is 0 Å². The lowest BCUT2D eigenvalue weighted by atomic mass is 10.0. The summed E-state index contributed by atoms with van der Waals surface area (Å²) in [6, 6.07) is 25.4. The molecular formula is C24H26N2O2S. The second kappa shape index (κ2) is 10.0. The molecule has 3 aromatic rings. The van der Waals surface area contributed by atoms with Crippen LogP contribution in [0.15, 0.2) is 88.7 Å². The Kier molecular flexibility index (Phi) is 7.19. The molecule has 0 radical (unpaired) electrons. The third kappa shape index (κ3) is 6.03. The highest BCUT2D eigenvalue weighted by molar-refractivity contribution is 7.99. The molecule has 1 atom stereocenters. The van der Waals surface area contributed by atoms with E-state index < -0.39 is 6.23 Å². The van der Waals surface area contributed by atoms with Crippen LogP contribution in [0.2, 0.25) is 0 Å². The number of benzene rings is 3. The molecule has 0 bridgehead atoms. The van der Waals surface area contributed by atoms with Crippen molar-refractivity contribution in [3.05, 3.63) is 84.4 Å². The minimum absolute atomic E-state index is 0.305. The zero-order valence-corrected chi connectivity index (χ0v) is 17.7. The first kappa shape index (κ1) is 20.8. The number of amides is 2. The number of anilines is 1. The highest BCUT2D eigenvalue weighted by Gasteiger charge is 2.14. The van der Waals surface area contributed by atoms with E-state index in [4.69, 9.17) is 4.74 Å². The van der Waals surface area contributed by atoms with Gasteiger partial charge in [0.1, 0.15) is 5.75 Å². The molecule has 1 unspecified atom stereocenters. The van der Waals surface area contributed by atoms with Crippen molar-refractivity contribution < 1.29 is 9.53 Å². The van der Waals surface area contributed by atoms with Crippen LogP contribution in [0, 0.1) is 0 Å². The number of carbonyl (C=O) groups is 1. The van der Waals surface area contributed by atoms with E-state index >= 15 is 0 Å². The molecule has 0 spiro atoms. The zero-order valence-electron chi connectivity index (χ0n) is 16.9. The first-order valence-electron chi connectivity index (χ1n) is 9.68. The number of hydrogen-bond donors (Lipinski definition) is 2. The maximum Gasteiger partial charge on any atom is 0.322 e. The number of hydrogen-bond acceptors (Lipinski definition) is 3. The molecule has 0 aromatic heterocycles. The lowest BCUT2D eigenvalue weighted by molar-refractivity contribution is 0.181. The largest absolute Gasteiger partial charge is 0.471 e. The van der Waals surface area contributed by atoms with Gasteiger partial charge < -0.3 is 15.4 Å². The van der Waals surface area contributed by atoms with Crippen LogP contribution in [0.3, 0.4) is 0 Å². The fraction of sp³-hybridized carbons (Fsp3) is 0.208. The summed E-state index contributed by atoms with van der Waals surface area (Å²) in [5.74, 6) is 1.13. The zero-order chi connectivity index (χ0) is 20.6. The molecule has 5 heteroatoms. The molecule has 0 heterocycles. The van der Waals surface area contributed by atoms with Crippen molar-refractivity contribution in [2.24, 2.45) is 0 Å². The van der Waals surface area contributed by atoms with Gasteiger partial charge in [0.15, 0.2) is 6.23 Å². The van der Waals surface area contributed by atoms with Crippen LogP contribution in [0.5, 0.6) is 5.75 Å². The number of rotatable bonds is 7. The van der Waals surface area contributed by atoms with E-state index in [2.05, 4.69) is 24.5 Å². The van der Waals surface area contributed by atoms with Gasteiger partial charge in [-0.3, -0.25) is 0 Å². The van der Waals surface area contributed by atoms with Gasteiger partial charge >= 0.3 is 6.03 Å². The summed E-state index contributed by atoms with van der Waals surface area (Å²) in [5, 5.41) is 5.79. The molecule has 0 saturated heterocycles. The van der Waals surface area contributed by atoms with Crippen molar-refractivity contribution >= 4 is 23.5 Å². The van der Waals surface area contributed by atoms with Crippen LogP contribution >= 0.6 is 11.8 Å². The number of nitrogens with one attached hydrogen (secondary N) is 2. The Balaban J connectivity index is 1.63. The molecule has 3 rings (SSSR count). The summed E-state index contributed by atoms with van der Waals surface area (Å²) in [4.78, 5) is 14.6. The summed E-state index contributed by atoms with van der Waals surface area (Å²) in [5.41, 5.74) is 1.87. The molecule has 0 fully saturated rings. The van der Waals surface area contributed by atoms with Crippen molar-refractivity contribution in [2.45, 2.75) is 42.7 Å². The van der Waals surface area contributed by atoms with Crippen LogP contribution in [-0.2, 0) is 0 Å². The highest BCUT2D eigenvalue weighted by Crippen LogP contribution is 2.33. The van der Waals surface area contributed by atoms with Crippen molar-refractivity contribution in [3.63, 3.8) is 0 Å². The Morgan fingerprint density at radius 1 is 0.862 bits per heavy atom. The summed E-state index contributed by atoms with van der Waals surface area (Å²) in [7, 11) is 0. The van der Waals surface area contributed by atoms with Crippen molar-refractivity contribution in [2.75, 3.05) is 5.32 Å². The van der Waals surface area contributed by atoms with E-state index in [9.17, 15) is 4.79 Å². The van der Waals surface area contributed by atoms with E-state index in [1.165, 1.54) is 0 Å². The average Bonchev–Trinajstić information content (AvgIpc) is 2.70. The fourth-order valence-electron chi connectivity index (χ4n) is 2.90. The lowest BCUT2D eigenvalue weighted by Gasteiger charge is -2.20. The number of ether oxygens (including phenoxy) is 1. The molecule has 150 valence electrons. The average molecular weight is 407 g/mol. The summed E-state index contributed by atoms with van der Waals surface area (Å²) in [6.07, 6.45) is -0.469. The van der Waals surface area contributed by atoms with E-state index in [1.54, 1.807) is 11.8 Å². The Bertz CT molecular complexity index is 944. The van der Waals surface area contributed by atoms with E-state index in [-0.39, 0.29) is 6.03 Å². The molecule has 2 amide bonds. The molecule has 4 nitrogen and oxygen atoms in total. The van der Waals surface area contributed by atoms with Gasteiger partial charge in [-0.1, -0.05) is 74.1 Å². The standard InChI is InChI=1S/C24H26N2O2S/c1-17(2)20-13-7-9-15-22(20)28-18(3)25-24(27)26-21-14-8-10-16-23(21)29-19-11-5-4-6-12-19/h4-18H,1-3H3,(H2,25,26,27). The van der Waals surface area contributed by atoms with Gasteiger partial charge in [-0.2, -0.15) is 0 Å². The van der Waals surface area contributed by atoms with Crippen molar-refractivity contribution in [1.82, 2.24) is 5.32 Å². The van der Waals surface area contributed by atoms with E-state index in [0.717, 1.165) is 26.8 Å². The minimum atomic E-state index is -0.469. The molecule has 0 aliphatic heterocycles. The van der Waals surface area contributed by atoms with Gasteiger partial charge in [-0.25, -0.2) is 4.79 Å². The minimum Gasteiger partial charge on any atom is -0.471 e. The highest BCUT2D eigenvalue weighted by atomic mass is 32.2. The van der Waals surface area contributed by atoms with Crippen LogP contribution in [0.4, 0.5) is 10.5 Å². The molecular weight excluding hydrogens is 380 g/mol. The first-order chi connectivity index (χ1) is 14.0. The van der Waals surface area contributed by atoms with Crippen LogP contribution in [-0.4, -0.2) is 12.3 Å². The summed E-state index contributed by atoms with van der Waals surface area (Å²) in [6.45, 7) is 6.06. The van der Waals surface area contributed by atoms with E-state index in [1.807, 2.05) is 85.8 Å². The molecule has 29 heavy (non-hydrogen) atoms. The van der Waals surface area contributed by atoms with Gasteiger partial charge in [0.25, 0.3) is 0 Å². The lowest BCUT2D eigenvalue weighted by Crippen LogP contribution is -2.39. The van der Waals surface area contributed by atoms with Gasteiger partial charge in [-0.05, 0) is 48.7 Å². The maximum atomic E-state index is 12.5.